The summed E-state index contributed by atoms with van der Waals surface area (Å²) in [7, 11) is 0. The molecule has 0 radical (unpaired) electrons. The molecule has 0 unspecified atom stereocenters. The van der Waals surface area contributed by atoms with Gasteiger partial charge in [-0.1, -0.05) is 6.07 Å². The zero-order valence-corrected chi connectivity index (χ0v) is 8.90. The fourth-order valence-corrected chi connectivity index (χ4v) is 1.50. The lowest BCUT2D eigenvalue weighted by Crippen LogP contribution is -2.40. The molecule has 0 saturated heterocycles. The first kappa shape index (κ1) is 11.6. The predicted octanol–water partition coefficient (Wildman–Crippen LogP) is 2.34. The van der Waals surface area contributed by atoms with Crippen molar-refractivity contribution >= 4 is 5.91 Å². The molecule has 1 amide bonds. The first-order valence-corrected chi connectivity index (χ1v) is 4.57. The Morgan fingerprint density at radius 1 is 1.33 bits per heavy atom. The van der Waals surface area contributed by atoms with Crippen LogP contribution in [0, 0.1) is 11.6 Å². The number of halogens is 2. The Bertz CT molecular complexity index is 388. The number of hydrogen-bond donors (Lipinski definition) is 1. The van der Waals surface area contributed by atoms with Crippen LogP contribution in [-0.2, 0) is 10.3 Å². The number of rotatable bonds is 2. The van der Waals surface area contributed by atoms with Gasteiger partial charge in [-0.3, -0.25) is 4.79 Å². The molecule has 0 aliphatic heterocycles. The Kier molecular flexibility index (Phi) is 3.07. The molecule has 0 atom stereocenters. The van der Waals surface area contributed by atoms with E-state index in [9.17, 15) is 13.6 Å². The minimum absolute atomic E-state index is 0.260. The standard InChI is InChI=1S/C11H13F2NO/c1-7(15)14-11(2,3)9-5-4-8(12)6-10(9)13/h4-6H,1-3H3,(H,14,15). The van der Waals surface area contributed by atoms with E-state index in [1.54, 1.807) is 13.8 Å². The maximum absolute atomic E-state index is 13.4. The van der Waals surface area contributed by atoms with Crippen molar-refractivity contribution in [2.24, 2.45) is 0 Å². The average Bonchev–Trinajstić information content (AvgIpc) is 1.99. The second kappa shape index (κ2) is 3.96. The molecule has 15 heavy (non-hydrogen) atoms. The number of amides is 1. The molecular formula is C11H13F2NO. The van der Waals surface area contributed by atoms with Crippen LogP contribution in [0.25, 0.3) is 0 Å². The van der Waals surface area contributed by atoms with E-state index in [0.29, 0.717) is 0 Å². The van der Waals surface area contributed by atoms with Crippen molar-refractivity contribution in [1.82, 2.24) is 5.32 Å². The van der Waals surface area contributed by atoms with Gasteiger partial charge >= 0.3 is 0 Å². The highest BCUT2D eigenvalue weighted by Gasteiger charge is 2.24. The van der Waals surface area contributed by atoms with Crippen molar-refractivity contribution in [3.63, 3.8) is 0 Å². The molecule has 82 valence electrons. The molecule has 0 bridgehead atoms. The van der Waals surface area contributed by atoms with Crippen LogP contribution in [-0.4, -0.2) is 5.91 Å². The van der Waals surface area contributed by atoms with Crippen LogP contribution >= 0.6 is 0 Å². The first-order valence-electron chi connectivity index (χ1n) is 4.57. The maximum Gasteiger partial charge on any atom is 0.217 e. The van der Waals surface area contributed by atoms with E-state index in [-0.39, 0.29) is 11.5 Å². The summed E-state index contributed by atoms with van der Waals surface area (Å²) in [6.07, 6.45) is 0. The minimum atomic E-state index is -0.844. The van der Waals surface area contributed by atoms with E-state index in [0.717, 1.165) is 6.07 Å². The lowest BCUT2D eigenvalue weighted by Gasteiger charge is -2.26. The van der Waals surface area contributed by atoms with Crippen molar-refractivity contribution in [2.45, 2.75) is 26.3 Å². The van der Waals surface area contributed by atoms with Gasteiger partial charge in [0.1, 0.15) is 11.6 Å². The Labute approximate surface area is 87.3 Å². The third-order valence-electron chi connectivity index (χ3n) is 2.09. The molecule has 1 aromatic carbocycles. The molecule has 4 heteroatoms. The van der Waals surface area contributed by atoms with Crippen molar-refractivity contribution in [3.8, 4) is 0 Å². The van der Waals surface area contributed by atoms with Crippen molar-refractivity contribution in [1.29, 1.82) is 0 Å². The lowest BCUT2D eigenvalue weighted by molar-refractivity contribution is -0.120. The normalized spacial score (nSPS) is 11.3. The summed E-state index contributed by atoms with van der Waals surface area (Å²) >= 11 is 0. The molecule has 0 saturated carbocycles. The SMILES string of the molecule is CC(=O)NC(C)(C)c1ccc(F)cc1F. The summed E-state index contributed by atoms with van der Waals surface area (Å²) in [6.45, 7) is 4.67. The molecule has 1 N–H and O–H groups in total. The van der Waals surface area contributed by atoms with Crippen LogP contribution in [0.2, 0.25) is 0 Å². The molecule has 0 spiro atoms. The predicted molar refractivity (Wildman–Crippen MR) is 53.2 cm³/mol. The number of nitrogens with one attached hydrogen (secondary N) is 1. The average molecular weight is 213 g/mol. The van der Waals surface area contributed by atoms with Crippen LogP contribution in [0.3, 0.4) is 0 Å². The summed E-state index contributed by atoms with van der Waals surface area (Å²) in [5.41, 5.74) is -0.581. The fourth-order valence-electron chi connectivity index (χ4n) is 1.50. The molecule has 1 rings (SSSR count). The minimum Gasteiger partial charge on any atom is -0.347 e. The van der Waals surface area contributed by atoms with Crippen molar-refractivity contribution < 1.29 is 13.6 Å². The van der Waals surface area contributed by atoms with Gasteiger partial charge in [0.05, 0.1) is 5.54 Å². The molecule has 0 aliphatic carbocycles. The van der Waals surface area contributed by atoms with Gasteiger partial charge in [0.2, 0.25) is 5.91 Å². The summed E-state index contributed by atoms with van der Waals surface area (Å²) < 4.78 is 26.1. The summed E-state index contributed by atoms with van der Waals surface area (Å²) in [4.78, 5) is 10.9. The third kappa shape index (κ3) is 2.75. The Balaban J connectivity index is 3.09. The molecule has 0 aliphatic rings. The van der Waals surface area contributed by atoms with Crippen LogP contribution in [0.1, 0.15) is 26.3 Å². The van der Waals surface area contributed by atoms with Gasteiger partial charge in [-0.15, -0.1) is 0 Å². The van der Waals surface area contributed by atoms with E-state index < -0.39 is 17.2 Å². The summed E-state index contributed by atoms with van der Waals surface area (Å²) in [5, 5.41) is 2.59. The maximum atomic E-state index is 13.4. The zero-order valence-electron chi connectivity index (χ0n) is 8.90. The smallest absolute Gasteiger partial charge is 0.217 e. The first-order chi connectivity index (χ1) is 6.83. The van der Waals surface area contributed by atoms with E-state index in [1.165, 1.54) is 19.1 Å². The molecular weight excluding hydrogens is 200 g/mol. The van der Waals surface area contributed by atoms with Gasteiger partial charge in [0, 0.05) is 18.6 Å². The monoisotopic (exact) mass is 213 g/mol. The Hall–Kier alpha value is -1.45. The van der Waals surface area contributed by atoms with E-state index >= 15 is 0 Å². The number of carbonyl (C=O) groups is 1. The van der Waals surface area contributed by atoms with Crippen LogP contribution in [0.5, 0.6) is 0 Å². The van der Waals surface area contributed by atoms with Crippen LogP contribution < -0.4 is 5.32 Å². The van der Waals surface area contributed by atoms with Crippen LogP contribution in [0.4, 0.5) is 8.78 Å². The molecule has 2 nitrogen and oxygen atoms in total. The fraction of sp³-hybridized carbons (Fsp3) is 0.364. The molecule has 0 aromatic heterocycles. The topological polar surface area (TPSA) is 29.1 Å². The van der Waals surface area contributed by atoms with Gasteiger partial charge < -0.3 is 5.32 Å². The van der Waals surface area contributed by atoms with Crippen LogP contribution in [0.15, 0.2) is 18.2 Å². The second-order valence-electron chi connectivity index (χ2n) is 3.93. The highest BCUT2D eigenvalue weighted by Crippen LogP contribution is 2.23. The van der Waals surface area contributed by atoms with E-state index in [4.69, 9.17) is 0 Å². The van der Waals surface area contributed by atoms with Gasteiger partial charge in [-0.25, -0.2) is 8.78 Å². The summed E-state index contributed by atoms with van der Waals surface area (Å²) in [6, 6.07) is 3.31. The van der Waals surface area contributed by atoms with Crippen molar-refractivity contribution in [3.05, 3.63) is 35.4 Å². The largest absolute Gasteiger partial charge is 0.347 e. The third-order valence-corrected chi connectivity index (χ3v) is 2.09. The van der Waals surface area contributed by atoms with E-state index in [2.05, 4.69) is 5.32 Å². The second-order valence-corrected chi connectivity index (χ2v) is 3.93. The van der Waals surface area contributed by atoms with Gasteiger partial charge in [0.25, 0.3) is 0 Å². The van der Waals surface area contributed by atoms with Crippen molar-refractivity contribution in [2.75, 3.05) is 0 Å². The zero-order chi connectivity index (χ0) is 11.6. The number of carbonyl (C=O) groups excluding carboxylic acids is 1. The molecule has 0 fully saturated rings. The molecule has 0 heterocycles. The molecule has 1 aromatic rings. The van der Waals surface area contributed by atoms with Gasteiger partial charge in [-0.2, -0.15) is 0 Å². The lowest BCUT2D eigenvalue weighted by atomic mass is 9.93. The Morgan fingerprint density at radius 2 is 1.93 bits per heavy atom. The Morgan fingerprint density at radius 3 is 2.40 bits per heavy atom. The quantitative estimate of drug-likeness (QED) is 0.802. The van der Waals surface area contributed by atoms with E-state index in [1.807, 2.05) is 0 Å². The highest BCUT2D eigenvalue weighted by molar-refractivity contribution is 5.74. The summed E-state index contributed by atoms with van der Waals surface area (Å²) in [5.74, 6) is -1.55. The highest BCUT2D eigenvalue weighted by atomic mass is 19.1. The van der Waals surface area contributed by atoms with Gasteiger partial charge in [0.15, 0.2) is 0 Å². The number of benzene rings is 1. The number of hydrogen-bond acceptors (Lipinski definition) is 1. The van der Waals surface area contributed by atoms with Gasteiger partial charge in [-0.05, 0) is 19.9 Å².